The smallest absolute Gasteiger partial charge is 0.0184 e. The van der Waals surface area contributed by atoms with Gasteiger partial charge in [-0.25, -0.2) is 0 Å². The third-order valence-corrected chi connectivity index (χ3v) is 6.62. The summed E-state index contributed by atoms with van der Waals surface area (Å²) in [6.45, 7) is 0. The zero-order valence-electron chi connectivity index (χ0n) is 14.0. The Morgan fingerprint density at radius 2 is 0.773 bits per heavy atom. The van der Waals surface area contributed by atoms with Crippen molar-refractivity contribution in [2.45, 2.75) is 75.7 Å². The maximum atomic E-state index is 2.33. The van der Waals surface area contributed by atoms with Crippen LogP contribution in [0.4, 0.5) is 0 Å². The van der Waals surface area contributed by atoms with Crippen LogP contribution in [0, 0.1) is 0 Å². The standard InChI is InChI=1S/C20H32S2/c1-2-4-6-8-10-16-22-18-20-13-11-19(12-14-20)17-21-15-9-7-5-3-1/h11-14H,1-10,15-18H2. The first-order valence-electron chi connectivity index (χ1n) is 9.18. The van der Waals surface area contributed by atoms with Crippen LogP contribution in [-0.4, -0.2) is 11.5 Å². The summed E-state index contributed by atoms with van der Waals surface area (Å²) in [5.74, 6) is 5.04. The minimum Gasteiger partial charge on any atom is -0.157 e. The molecular formula is C20H32S2. The molecule has 0 unspecified atom stereocenters. The van der Waals surface area contributed by atoms with Gasteiger partial charge in [-0.1, -0.05) is 75.6 Å². The van der Waals surface area contributed by atoms with Crippen molar-refractivity contribution in [2.75, 3.05) is 11.5 Å². The highest BCUT2D eigenvalue weighted by molar-refractivity contribution is 7.98. The summed E-state index contributed by atoms with van der Waals surface area (Å²) in [6, 6.07) is 9.34. The third-order valence-electron chi connectivity index (χ3n) is 4.39. The number of fused-ring (bicyclic) bond motifs is 17. The van der Waals surface area contributed by atoms with Crippen LogP contribution in [-0.2, 0) is 11.5 Å². The molecule has 0 radical (unpaired) electrons. The fourth-order valence-corrected chi connectivity index (χ4v) is 4.90. The van der Waals surface area contributed by atoms with Crippen molar-refractivity contribution in [3.05, 3.63) is 35.4 Å². The Labute approximate surface area is 146 Å². The van der Waals surface area contributed by atoms with Crippen LogP contribution in [0.25, 0.3) is 0 Å². The maximum absolute atomic E-state index is 2.33. The first kappa shape index (κ1) is 18.3. The van der Waals surface area contributed by atoms with E-state index in [0.717, 1.165) is 0 Å². The predicted molar refractivity (Wildman–Crippen MR) is 105 cm³/mol. The molecule has 124 valence electrons. The first-order chi connectivity index (χ1) is 10.9. The highest BCUT2D eigenvalue weighted by atomic mass is 32.2. The Kier molecular flexibility index (Phi) is 10.3. The van der Waals surface area contributed by atoms with Gasteiger partial charge in [0.1, 0.15) is 0 Å². The number of thioether (sulfide) groups is 2. The molecule has 1 aromatic carbocycles. The summed E-state index contributed by atoms with van der Waals surface area (Å²) in [5, 5.41) is 0. The van der Waals surface area contributed by atoms with Crippen molar-refractivity contribution in [3.8, 4) is 0 Å². The van der Waals surface area contributed by atoms with Crippen LogP contribution in [0.3, 0.4) is 0 Å². The number of hydrogen-bond donors (Lipinski definition) is 0. The van der Waals surface area contributed by atoms with Gasteiger partial charge in [0.05, 0.1) is 0 Å². The molecule has 0 atom stereocenters. The Bertz CT molecular complexity index is 335. The molecule has 0 saturated heterocycles. The van der Waals surface area contributed by atoms with Gasteiger partial charge in [-0.2, -0.15) is 23.5 Å². The molecule has 0 fully saturated rings. The molecular weight excluding hydrogens is 304 g/mol. The Hall–Kier alpha value is -0.0800. The van der Waals surface area contributed by atoms with E-state index in [9.17, 15) is 0 Å². The highest BCUT2D eigenvalue weighted by Crippen LogP contribution is 2.19. The molecule has 0 N–H and O–H groups in total. The van der Waals surface area contributed by atoms with Gasteiger partial charge >= 0.3 is 0 Å². The van der Waals surface area contributed by atoms with Gasteiger partial charge in [0.25, 0.3) is 0 Å². The molecule has 3 rings (SSSR count). The second-order valence-corrected chi connectivity index (χ2v) is 8.67. The summed E-state index contributed by atoms with van der Waals surface area (Å²) in [7, 11) is 0. The normalized spacial score (nSPS) is 20.5. The summed E-state index contributed by atoms with van der Waals surface area (Å²) in [5.41, 5.74) is 2.99. The summed E-state index contributed by atoms with van der Waals surface area (Å²) < 4.78 is 0. The van der Waals surface area contributed by atoms with Crippen LogP contribution in [0.5, 0.6) is 0 Å². The molecule has 0 saturated carbocycles. The van der Waals surface area contributed by atoms with E-state index in [-0.39, 0.29) is 0 Å². The van der Waals surface area contributed by atoms with Gasteiger partial charge in [-0.05, 0) is 35.5 Å². The van der Waals surface area contributed by atoms with E-state index < -0.39 is 0 Å². The van der Waals surface area contributed by atoms with E-state index in [4.69, 9.17) is 0 Å². The molecule has 0 aliphatic carbocycles. The van der Waals surface area contributed by atoms with Crippen molar-refractivity contribution in [1.29, 1.82) is 0 Å². The molecule has 1 aromatic rings. The Balaban J connectivity index is 1.73. The van der Waals surface area contributed by atoms with Crippen molar-refractivity contribution in [1.82, 2.24) is 0 Å². The minimum absolute atomic E-state index is 1.19. The fraction of sp³-hybridized carbons (Fsp3) is 0.700. The van der Waals surface area contributed by atoms with E-state index in [1.165, 1.54) is 98.3 Å². The van der Waals surface area contributed by atoms with Crippen LogP contribution in [0.15, 0.2) is 24.3 Å². The van der Waals surface area contributed by atoms with Crippen molar-refractivity contribution in [3.63, 3.8) is 0 Å². The molecule has 0 spiro atoms. The quantitative estimate of drug-likeness (QED) is 0.497. The average molecular weight is 337 g/mol. The zero-order chi connectivity index (χ0) is 15.3. The summed E-state index contributed by atoms with van der Waals surface area (Å²) in [4.78, 5) is 0. The summed E-state index contributed by atoms with van der Waals surface area (Å²) in [6.07, 6.45) is 14.4. The topological polar surface area (TPSA) is 0 Å². The minimum atomic E-state index is 1.19. The fourth-order valence-electron chi connectivity index (χ4n) is 2.93. The molecule has 2 aliphatic rings. The van der Waals surface area contributed by atoms with Gasteiger partial charge < -0.3 is 0 Å². The first-order valence-corrected chi connectivity index (χ1v) is 11.5. The second kappa shape index (κ2) is 12.4. The number of benzene rings is 1. The largest absolute Gasteiger partial charge is 0.157 e. The second-order valence-electron chi connectivity index (χ2n) is 6.46. The van der Waals surface area contributed by atoms with E-state index >= 15 is 0 Å². The van der Waals surface area contributed by atoms with Crippen molar-refractivity contribution < 1.29 is 0 Å². The van der Waals surface area contributed by atoms with Gasteiger partial charge in [0, 0.05) is 11.5 Å². The lowest BCUT2D eigenvalue weighted by atomic mass is 10.1. The number of hydrogen-bond acceptors (Lipinski definition) is 2. The van der Waals surface area contributed by atoms with Crippen LogP contribution >= 0.6 is 23.5 Å². The molecule has 2 aliphatic heterocycles. The van der Waals surface area contributed by atoms with Gasteiger partial charge in [-0.15, -0.1) is 0 Å². The average Bonchev–Trinajstić information content (AvgIpc) is 2.55. The molecule has 0 amide bonds. The molecule has 22 heavy (non-hydrogen) atoms. The Morgan fingerprint density at radius 1 is 0.455 bits per heavy atom. The van der Waals surface area contributed by atoms with Gasteiger partial charge in [0.15, 0.2) is 0 Å². The predicted octanol–water partition coefficient (Wildman–Crippen LogP) is 7.07. The van der Waals surface area contributed by atoms with Gasteiger partial charge in [-0.3, -0.25) is 0 Å². The molecule has 2 bridgehead atoms. The van der Waals surface area contributed by atoms with Crippen LogP contribution in [0.2, 0.25) is 0 Å². The van der Waals surface area contributed by atoms with Crippen molar-refractivity contribution >= 4 is 23.5 Å². The summed E-state index contributed by atoms with van der Waals surface area (Å²) >= 11 is 4.21. The molecule has 2 heteroatoms. The molecule has 0 nitrogen and oxygen atoms in total. The van der Waals surface area contributed by atoms with E-state index in [1.807, 2.05) is 0 Å². The highest BCUT2D eigenvalue weighted by Gasteiger charge is 1.99. The lowest BCUT2D eigenvalue weighted by Crippen LogP contribution is -1.89. The van der Waals surface area contributed by atoms with Crippen LogP contribution in [0.1, 0.15) is 75.3 Å². The van der Waals surface area contributed by atoms with E-state index in [0.29, 0.717) is 0 Å². The lowest BCUT2D eigenvalue weighted by molar-refractivity contribution is 0.564. The van der Waals surface area contributed by atoms with E-state index in [1.54, 1.807) is 0 Å². The number of rotatable bonds is 0. The SMILES string of the molecule is c1cc2ccc1CSCCCCCCCCCCCCSC2. The maximum Gasteiger partial charge on any atom is 0.0184 e. The third kappa shape index (κ3) is 8.53. The van der Waals surface area contributed by atoms with Crippen molar-refractivity contribution in [2.24, 2.45) is 0 Å². The Morgan fingerprint density at radius 3 is 1.14 bits per heavy atom. The van der Waals surface area contributed by atoms with Crippen LogP contribution < -0.4 is 0 Å². The zero-order valence-corrected chi connectivity index (χ0v) is 15.7. The molecule has 2 heterocycles. The van der Waals surface area contributed by atoms with E-state index in [2.05, 4.69) is 47.8 Å². The monoisotopic (exact) mass is 336 g/mol. The van der Waals surface area contributed by atoms with Gasteiger partial charge in [0.2, 0.25) is 0 Å². The molecule has 0 aromatic heterocycles. The lowest BCUT2D eigenvalue weighted by Gasteiger charge is -2.06.